The van der Waals surface area contributed by atoms with Crippen LogP contribution in [0.1, 0.15) is 46.0 Å². The fraction of sp³-hybridized carbons (Fsp3) is 1.00. The summed E-state index contributed by atoms with van der Waals surface area (Å²) in [4.78, 5) is 2.78. The van der Waals surface area contributed by atoms with E-state index in [-0.39, 0.29) is 0 Å². The SMILES string of the molecule is CCC1CCCCN1C1CNC(C)C1. The first-order valence-corrected chi connectivity index (χ1v) is 6.30. The van der Waals surface area contributed by atoms with Crippen molar-refractivity contribution in [3.05, 3.63) is 0 Å². The minimum absolute atomic E-state index is 0.736. The van der Waals surface area contributed by atoms with Crippen LogP contribution in [0.5, 0.6) is 0 Å². The lowest BCUT2D eigenvalue weighted by Crippen LogP contribution is -2.46. The Bertz CT molecular complexity index is 181. The Morgan fingerprint density at radius 3 is 2.86 bits per heavy atom. The van der Waals surface area contributed by atoms with Crippen LogP contribution in [0.4, 0.5) is 0 Å². The lowest BCUT2D eigenvalue weighted by Gasteiger charge is -2.39. The van der Waals surface area contributed by atoms with Gasteiger partial charge in [0.25, 0.3) is 0 Å². The van der Waals surface area contributed by atoms with Crippen molar-refractivity contribution < 1.29 is 0 Å². The molecule has 0 saturated carbocycles. The fourth-order valence-electron chi connectivity index (χ4n) is 3.11. The molecular formula is C12H24N2. The molecule has 3 unspecified atom stereocenters. The Labute approximate surface area is 88.1 Å². The quantitative estimate of drug-likeness (QED) is 0.726. The molecule has 0 aromatic carbocycles. The van der Waals surface area contributed by atoms with E-state index in [1.54, 1.807) is 0 Å². The van der Waals surface area contributed by atoms with Gasteiger partial charge in [-0.3, -0.25) is 4.90 Å². The van der Waals surface area contributed by atoms with Gasteiger partial charge in [0, 0.05) is 24.7 Å². The monoisotopic (exact) mass is 196 g/mol. The summed E-state index contributed by atoms with van der Waals surface area (Å²) in [5, 5.41) is 3.57. The van der Waals surface area contributed by atoms with E-state index in [4.69, 9.17) is 0 Å². The van der Waals surface area contributed by atoms with Gasteiger partial charge in [-0.1, -0.05) is 13.3 Å². The Hall–Kier alpha value is -0.0800. The molecule has 1 N–H and O–H groups in total. The second-order valence-corrected chi connectivity index (χ2v) is 4.99. The Morgan fingerprint density at radius 1 is 1.36 bits per heavy atom. The molecule has 0 aromatic heterocycles. The van der Waals surface area contributed by atoms with E-state index in [2.05, 4.69) is 24.1 Å². The van der Waals surface area contributed by atoms with E-state index in [1.807, 2.05) is 0 Å². The van der Waals surface area contributed by atoms with Crippen molar-refractivity contribution in [2.24, 2.45) is 0 Å². The highest BCUT2D eigenvalue weighted by Gasteiger charge is 2.31. The molecular weight excluding hydrogens is 172 g/mol. The first-order chi connectivity index (χ1) is 6.81. The maximum Gasteiger partial charge on any atom is 0.0238 e. The van der Waals surface area contributed by atoms with Gasteiger partial charge in [-0.25, -0.2) is 0 Å². The molecule has 2 nitrogen and oxygen atoms in total. The summed E-state index contributed by atoms with van der Waals surface area (Å²) in [6.07, 6.45) is 6.99. The average Bonchev–Trinajstić information content (AvgIpc) is 2.65. The van der Waals surface area contributed by atoms with Crippen LogP contribution in [0.2, 0.25) is 0 Å². The number of piperidine rings is 1. The fourth-order valence-corrected chi connectivity index (χ4v) is 3.11. The maximum absolute atomic E-state index is 3.57. The van der Waals surface area contributed by atoms with E-state index < -0.39 is 0 Å². The van der Waals surface area contributed by atoms with Crippen molar-refractivity contribution in [1.82, 2.24) is 10.2 Å². The van der Waals surface area contributed by atoms with Gasteiger partial charge in [-0.05, 0) is 39.2 Å². The van der Waals surface area contributed by atoms with E-state index in [9.17, 15) is 0 Å². The summed E-state index contributed by atoms with van der Waals surface area (Å²) >= 11 is 0. The molecule has 0 radical (unpaired) electrons. The molecule has 0 bridgehead atoms. The number of nitrogens with one attached hydrogen (secondary N) is 1. The average molecular weight is 196 g/mol. The number of hydrogen-bond donors (Lipinski definition) is 1. The molecule has 2 rings (SSSR count). The minimum atomic E-state index is 0.736. The molecule has 14 heavy (non-hydrogen) atoms. The van der Waals surface area contributed by atoms with Gasteiger partial charge >= 0.3 is 0 Å². The number of hydrogen-bond acceptors (Lipinski definition) is 2. The normalized spacial score (nSPS) is 40.3. The molecule has 82 valence electrons. The molecule has 0 aromatic rings. The zero-order valence-electron chi connectivity index (χ0n) is 9.63. The van der Waals surface area contributed by atoms with Crippen LogP contribution in [-0.2, 0) is 0 Å². The number of likely N-dealkylation sites (tertiary alicyclic amines) is 1. The van der Waals surface area contributed by atoms with Crippen LogP contribution >= 0.6 is 0 Å². The smallest absolute Gasteiger partial charge is 0.0238 e. The Balaban J connectivity index is 1.93. The topological polar surface area (TPSA) is 15.3 Å². The summed E-state index contributed by atoms with van der Waals surface area (Å²) in [5.41, 5.74) is 0. The summed E-state index contributed by atoms with van der Waals surface area (Å²) in [7, 11) is 0. The maximum atomic E-state index is 3.57. The minimum Gasteiger partial charge on any atom is -0.313 e. The van der Waals surface area contributed by atoms with Crippen LogP contribution in [0, 0.1) is 0 Å². The zero-order chi connectivity index (χ0) is 9.97. The third-order valence-electron chi connectivity index (χ3n) is 3.94. The molecule has 0 spiro atoms. The molecule has 2 heterocycles. The lowest BCUT2D eigenvalue weighted by atomic mass is 9.97. The standard InChI is InChI=1S/C12H24N2/c1-3-11-6-4-5-7-14(11)12-8-10(2)13-9-12/h10-13H,3-9H2,1-2H3. The lowest BCUT2D eigenvalue weighted by molar-refractivity contribution is 0.0994. The van der Waals surface area contributed by atoms with Crippen molar-refractivity contribution in [2.45, 2.75) is 64.1 Å². The molecule has 2 fully saturated rings. The van der Waals surface area contributed by atoms with E-state index in [0.717, 1.165) is 18.1 Å². The molecule has 2 aliphatic heterocycles. The Morgan fingerprint density at radius 2 is 2.21 bits per heavy atom. The van der Waals surface area contributed by atoms with Gasteiger partial charge in [0.1, 0.15) is 0 Å². The van der Waals surface area contributed by atoms with Gasteiger partial charge in [0.05, 0.1) is 0 Å². The highest BCUT2D eigenvalue weighted by atomic mass is 15.2. The van der Waals surface area contributed by atoms with Gasteiger partial charge in [0.2, 0.25) is 0 Å². The van der Waals surface area contributed by atoms with Crippen molar-refractivity contribution in [3.63, 3.8) is 0 Å². The highest BCUT2D eigenvalue weighted by Crippen LogP contribution is 2.25. The van der Waals surface area contributed by atoms with Crippen molar-refractivity contribution in [2.75, 3.05) is 13.1 Å². The predicted molar refractivity (Wildman–Crippen MR) is 60.5 cm³/mol. The summed E-state index contributed by atoms with van der Waals surface area (Å²) in [5.74, 6) is 0. The molecule has 2 saturated heterocycles. The first kappa shape index (κ1) is 10.4. The predicted octanol–water partition coefficient (Wildman–Crippen LogP) is 2.00. The molecule has 2 heteroatoms. The highest BCUT2D eigenvalue weighted by molar-refractivity contribution is 4.90. The van der Waals surface area contributed by atoms with E-state index in [0.29, 0.717) is 0 Å². The van der Waals surface area contributed by atoms with Crippen LogP contribution < -0.4 is 5.32 Å². The number of nitrogens with zero attached hydrogens (tertiary/aromatic N) is 1. The van der Waals surface area contributed by atoms with E-state index >= 15 is 0 Å². The third kappa shape index (κ3) is 2.12. The van der Waals surface area contributed by atoms with Gasteiger partial charge in [0.15, 0.2) is 0 Å². The van der Waals surface area contributed by atoms with Crippen molar-refractivity contribution in [3.8, 4) is 0 Å². The second-order valence-electron chi connectivity index (χ2n) is 4.99. The van der Waals surface area contributed by atoms with Crippen LogP contribution in [-0.4, -0.2) is 36.1 Å². The molecule has 2 aliphatic rings. The first-order valence-electron chi connectivity index (χ1n) is 6.30. The van der Waals surface area contributed by atoms with Gasteiger partial charge < -0.3 is 5.32 Å². The van der Waals surface area contributed by atoms with Gasteiger partial charge in [-0.15, -0.1) is 0 Å². The largest absolute Gasteiger partial charge is 0.313 e. The van der Waals surface area contributed by atoms with E-state index in [1.165, 1.54) is 45.2 Å². The second kappa shape index (κ2) is 4.63. The third-order valence-corrected chi connectivity index (χ3v) is 3.94. The van der Waals surface area contributed by atoms with Crippen molar-refractivity contribution in [1.29, 1.82) is 0 Å². The van der Waals surface area contributed by atoms with Crippen LogP contribution in [0.15, 0.2) is 0 Å². The molecule has 0 aliphatic carbocycles. The van der Waals surface area contributed by atoms with Crippen LogP contribution in [0.25, 0.3) is 0 Å². The number of rotatable bonds is 2. The Kier molecular flexibility index (Phi) is 3.45. The van der Waals surface area contributed by atoms with Gasteiger partial charge in [-0.2, -0.15) is 0 Å². The molecule has 0 amide bonds. The summed E-state index contributed by atoms with van der Waals surface area (Å²) in [6.45, 7) is 7.22. The van der Waals surface area contributed by atoms with Crippen molar-refractivity contribution >= 4 is 0 Å². The summed E-state index contributed by atoms with van der Waals surface area (Å²) in [6, 6.07) is 2.44. The molecule has 3 atom stereocenters. The zero-order valence-corrected chi connectivity index (χ0v) is 9.63. The van der Waals surface area contributed by atoms with Crippen LogP contribution in [0.3, 0.4) is 0 Å². The summed E-state index contributed by atoms with van der Waals surface area (Å²) < 4.78 is 0.